The minimum Gasteiger partial charge on any atom is -0.274 e. The number of hydrogen-bond donors (Lipinski definition) is 0. The Labute approximate surface area is 119 Å². The van der Waals surface area contributed by atoms with Crippen molar-refractivity contribution in [2.24, 2.45) is 5.92 Å². The molecule has 0 aromatic heterocycles. The van der Waals surface area contributed by atoms with Crippen molar-refractivity contribution in [3.05, 3.63) is 29.3 Å². The number of aryl methyl sites for hydroxylation is 1. The monoisotopic (exact) mass is 281 g/mol. The van der Waals surface area contributed by atoms with Crippen LogP contribution >= 0.6 is 11.6 Å². The molecule has 0 fully saturated rings. The van der Waals surface area contributed by atoms with Gasteiger partial charge in [-0.05, 0) is 30.5 Å². The van der Waals surface area contributed by atoms with E-state index in [1.165, 1.54) is 4.90 Å². The molecule has 104 valence electrons. The Kier molecular flexibility index (Phi) is 5.55. The van der Waals surface area contributed by atoms with Crippen LogP contribution in [0.3, 0.4) is 0 Å². The molecule has 19 heavy (non-hydrogen) atoms. The van der Waals surface area contributed by atoms with Crippen molar-refractivity contribution in [3.63, 3.8) is 0 Å². The van der Waals surface area contributed by atoms with E-state index < -0.39 is 0 Å². The zero-order valence-corrected chi connectivity index (χ0v) is 12.6. The number of imide groups is 1. The zero-order valence-electron chi connectivity index (χ0n) is 11.9. The van der Waals surface area contributed by atoms with Gasteiger partial charge >= 0.3 is 0 Å². The van der Waals surface area contributed by atoms with Crippen LogP contribution in [0.5, 0.6) is 0 Å². The third-order valence-electron chi connectivity index (χ3n) is 3.12. The highest BCUT2D eigenvalue weighted by Gasteiger charge is 2.26. The Balaban J connectivity index is 3.33. The van der Waals surface area contributed by atoms with Gasteiger partial charge in [-0.25, -0.2) is 4.90 Å². The molecule has 0 spiro atoms. The van der Waals surface area contributed by atoms with Gasteiger partial charge in [0.1, 0.15) is 5.88 Å². The predicted molar refractivity (Wildman–Crippen MR) is 78.6 cm³/mol. The van der Waals surface area contributed by atoms with E-state index in [-0.39, 0.29) is 23.6 Å². The molecule has 1 aromatic carbocycles. The number of halogens is 1. The van der Waals surface area contributed by atoms with Crippen LogP contribution in [-0.4, -0.2) is 17.7 Å². The minimum atomic E-state index is -0.378. The Bertz CT molecular complexity index is 483. The molecule has 0 atom stereocenters. The average molecular weight is 282 g/mol. The molecule has 4 heteroatoms. The van der Waals surface area contributed by atoms with Crippen LogP contribution in [-0.2, 0) is 16.0 Å². The number of carbonyl (C=O) groups excluding carboxylic acids is 2. The van der Waals surface area contributed by atoms with E-state index >= 15 is 0 Å². The van der Waals surface area contributed by atoms with Gasteiger partial charge in [0.2, 0.25) is 11.8 Å². The second-order valence-electron chi connectivity index (χ2n) is 4.77. The summed E-state index contributed by atoms with van der Waals surface area (Å²) in [6.07, 6.45) is 0.860. The number of alkyl halides is 1. The molecule has 0 bridgehead atoms. The summed E-state index contributed by atoms with van der Waals surface area (Å²) in [4.78, 5) is 25.4. The summed E-state index contributed by atoms with van der Waals surface area (Å²) in [5.41, 5.74) is 2.72. The molecule has 0 saturated heterocycles. The number of hydrogen-bond acceptors (Lipinski definition) is 2. The summed E-state index contributed by atoms with van der Waals surface area (Å²) in [7, 11) is 0. The molecular formula is C15H20ClNO2. The SMILES string of the molecule is CCc1cccc(N(C(=O)CCl)C(=O)C(C)C)c1C. The Morgan fingerprint density at radius 1 is 1.32 bits per heavy atom. The maximum absolute atomic E-state index is 12.2. The predicted octanol–water partition coefficient (Wildman–Crippen LogP) is 3.31. The van der Waals surface area contributed by atoms with Crippen LogP contribution < -0.4 is 4.90 Å². The fourth-order valence-electron chi connectivity index (χ4n) is 1.99. The van der Waals surface area contributed by atoms with Gasteiger partial charge in [0.25, 0.3) is 0 Å². The van der Waals surface area contributed by atoms with Gasteiger partial charge in [0.05, 0.1) is 5.69 Å². The van der Waals surface area contributed by atoms with Crippen molar-refractivity contribution in [1.82, 2.24) is 0 Å². The molecule has 0 aliphatic heterocycles. The topological polar surface area (TPSA) is 37.4 Å². The number of nitrogens with zero attached hydrogens (tertiary/aromatic N) is 1. The molecule has 0 unspecified atom stereocenters. The van der Waals surface area contributed by atoms with E-state index in [1.807, 2.05) is 26.0 Å². The van der Waals surface area contributed by atoms with Gasteiger partial charge in [-0.15, -0.1) is 11.6 Å². The first-order chi connectivity index (χ1) is 8.93. The lowest BCUT2D eigenvalue weighted by Gasteiger charge is -2.24. The largest absolute Gasteiger partial charge is 0.274 e. The van der Waals surface area contributed by atoms with E-state index in [1.54, 1.807) is 19.9 Å². The molecule has 0 radical (unpaired) electrons. The smallest absolute Gasteiger partial charge is 0.248 e. The molecule has 0 aliphatic rings. The standard InChI is InChI=1S/C15H20ClNO2/c1-5-12-7-6-8-13(11(12)4)17(14(18)9-16)15(19)10(2)3/h6-8,10H,5,9H2,1-4H3. The Morgan fingerprint density at radius 3 is 2.42 bits per heavy atom. The zero-order chi connectivity index (χ0) is 14.6. The van der Waals surface area contributed by atoms with Crippen LogP contribution in [0.2, 0.25) is 0 Å². The first-order valence-corrected chi connectivity index (χ1v) is 6.98. The number of carbonyl (C=O) groups is 2. The van der Waals surface area contributed by atoms with Crippen molar-refractivity contribution in [1.29, 1.82) is 0 Å². The Morgan fingerprint density at radius 2 is 1.95 bits per heavy atom. The summed E-state index contributed by atoms with van der Waals surface area (Å²) in [5.74, 6) is -1.05. The lowest BCUT2D eigenvalue weighted by atomic mass is 10.0. The fourth-order valence-corrected chi connectivity index (χ4v) is 2.11. The van der Waals surface area contributed by atoms with Crippen LogP contribution in [0.15, 0.2) is 18.2 Å². The van der Waals surface area contributed by atoms with Gasteiger partial charge < -0.3 is 0 Å². The van der Waals surface area contributed by atoms with Crippen LogP contribution in [0.1, 0.15) is 31.9 Å². The second-order valence-corrected chi connectivity index (χ2v) is 5.04. The van der Waals surface area contributed by atoms with E-state index in [0.29, 0.717) is 5.69 Å². The first-order valence-electron chi connectivity index (χ1n) is 6.45. The summed E-state index contributed by atoms with van der Waals surface area (Å²) >= 11 is 5.63. The quantitative estimate of drug-likeness (QED) is 0.794. The van der Waals surface area contributed by atoms with E-state index in [2.05, 4.69) is 0 Å². The molecule has 0 heterocycles. The van der Waals surface area contributed by atoms with Crippen molar-refractivity contribution in [3.8, 4) is 0 Å². The van der Waals surface area contributed by atoms with Gasteiger partial charge in [-0.3, -0.25) is 9.59 Å². The van der Waals surface area contributed by atoms with Crippen molar-refractivity contribution < 1.29 is 9.59 Å². The average Bonchev–Trinajstić information content (AvgIpc) is 2.40. The molecule has 0 saturated carbocycles. The van der Waals surface area contributed by atoms with Crippen molar-refractivity contribution >= 4 is 29.1 Å². The molecule has 0 N–H and O–H groups in total. The van der Waals surface area contributed by atoms with Crippen molar-refractivity contribution in [2.75, 3.05) is 10.8 Å². The number of benzene rings is 1. The molecule has 0 aliphatic carbocycles. The van der Waals surface area contributed by atoms with Gasteiger partial charge in [0.15, 0.2) is 0 Å². The second kappa shape index (κ2) is 6.71. The molecule has 2 amide bonds. The fraction of sp³-hybridized carbons (Fsp3) is 0.467. The number of rotatable bonds is 4. The Hall–Kier alpha value is -1.35. The number of amides is 2. The maximum atomic E-state index is 12.2. The van der Waals surface area contributed by atoms with Gasteiger partial charge in [-0.1, -0.05) is 32.9 Å². The highest BCUT2D eigenvalue weighted by atomic mass is 35.5. The lowest BCUT2D eigenvalue weighted by Crippen LogP contribution is -2.41. The molecule has 3 nitrogen and oxygen atoms in total. The van der Waals surface area contributed by atoms with E-state index in [9.17, 15) is 9.59 Å². The minimum absolute atomic E-state index is 0.200. The number of anilines is 1. The summed E-state index contributed by atoms with van der Waals surface area (Å²) in [6.45, 7) is 7.52. The highest BCUT2D eigenvalue weighted by Crippen LogP contribution is 2.25. The third kappa shape index (κ3) is 3.35. The van der Waals surface area contributed by atoms with E-state index in [4.69, 9.17) is 11.6 Å². The highest BCUT2D eigenvalue weighted by molar-refractivity contribution is 6.33. The molecule has 1 rings (SSSR count). The molecular weight excluding hydrogens is 262 g/mol. The van der Waals surface area contributed by atoms with E-state index in [0.717, 1.165) is 17.5 Å². The third-order valence-corrected chi connectivity index (χ3v) is 3.35. The van der Waals surface area contributed by atoms with Crippen molar-refractivity contribution in [2.45, 2.75) is 34.1 Å². The maximum Gasteiger partial charge on any atom is 0.248 e. The summed E-state index contributed by atoms with van der Waals surface area (Å²) < 4.78 is 0. The van der Waals surface area contributed by atoms with Gasteiger partial charge in [-0.2, -0.15) is 0 Å². The lowest BCUT2D eigenvalue weighted by molar-refractivity contribution is -0.127. The van der Waals surface area contributed by atoms with Crippen LogP contribution in [0, 0.1) is 12.8 Å². The summed E-state index contributed by atoms with van der Waals surface area (Å²) in [6, 6.07) is 5.66. The van der Waals surface area contributed by atoms with Crippen LogP contribution in [0.4, 0.5) is 5.69 Å². The van der Waals surface area contributed by atoms with Gasteiger partial charge in [0, 0.05) is 5.92 Å². The normalized spacial score (nSPS) is 10.6. The summed E-state index contributed by atoms with van der Waals surface area (Å²) in [5, 5.41) is 0. The first kappa shape index (κ1) is 15.7. The van der Waals surface area contributed by atoms with Crippen LogP contribution in [0.25, 0.3) is 0 Å². The molecule has 1 aromatic rings.